The minimum atomic E-state index is -0.793. The topological polar surface area (TPSA) is 62.5 Å². The van der Waals surface area contributed by atoms with Crippen molar-refractivity contribution >= 4 is 16.9 Å². The second-order valence-corrected chi connectivity index (χ2v) is 5.47. The van der Waals surface area contributed by atoms with Crippen LogP contribution in [0.3, 0.4) is 0 Å². The summed E-state index contributed by atoms with van der Waals surface area (Å²) in [6.45, 7) is 3.90. The molecular formula is C15H19NO3. The van der Waals surface area contributed by atoms with E-state index in [-0.39, 0.29) is 12.5 Å². The molecule has 0 aliphatic rings. The van der Waals surface area contributed by atoms with Crippen molar-refractivity contribution in [1.29, 1.82) is 0 Å². The third-order valence-corrected chi connectivity index (χ3v) is 3.50. The number of hydrogen-bond acceptors (Lipinski definition) is 3. The predicted octanol–water partition coefficient (Wildman–Crippen LogP) is 3.19. The lowest BCUT2D eigenvalue weighted by atomic mass is 9.78. The second-order valence-electron chi connectivity index (χ2n) is 5.47. The fourth-order valence-electron chi connectivity index (χ4n) is 2.68. The number of fused-ring (bicyclic) bond motifs is 1. The van der Waals surface area contributed by atoms with Gasteiger partial charge in [-0.25, -0.2) is 0 Å². The van der Waals surface area contributed by atoms with Gasteiger partial charge in [0.05, 0.1) is 12.7 Å². The largest absolute Gasteiger partial charge is 0.481 e. The summed E-state index contributed by atoms with van der Waals surface area (Å²) in [5, 5.41) is 13.3. The molecule has 1 atom stereocenters. The molecule has 2 rings (SSSR count). The Balaban J connectivity index is 2.44. The average Bonchev–Trinajstić information content (AvgIpc) is 2.72. The Morgan fingerprint density at radius 3 is 2.74 bits per heavy atom. The number of aliphatic carboxylic acids is 1. The summed E-state index contributed by atoms with van der Waals surface area (Å²) in [5.74, 6) is -0.793. The van der Waals surface area contributed by atoms with E-state index in [4.69, 9.17) is 9.52 Å². The van der Waals surface area contributed by atoms with Crippen LogP contribution >= 0.6 is 0 Å². The minimum absolute atomic E-state index is 0.0766. The molecule has 0 aliphatic carbocycles. The molecular weight excluding hydrogens is 242 g/mol. The van der Waals surface area contributed by atoms with Crippen molar-refractivity contribution in [3.8, 4) is 0 Å². The van der Waals surface area contributed by atoms with E-state index in [9.17, 15) is 4.79 Å². The lowest BCUT2D eigenvalue weighted by Gasteiger charge is -2.32. The van der Waals surface area contributed by atoms with Crippen molar-refractivity contribution in [2.24, 2.45) is 5.41 Å². The Labute approximate surface area is 112 Å². The van der Waals surface area contributed by atoms with Gasteiger partial charge in [0.2, 0.25) is 0 Å². The summed E-state index contributed by atoms with van der Waals surface area (Å²) in [4.78, 5) is 11.0. The van der Waals surface area contributed by atoms with Crippen molar-refractivity contribution in [3.63, 3.8) is 0 Å². The summed E-state index contributed by atoms with van der Waals surface area (Å²) >= 11 is 0. The molecule has 2 N–H and O–H groups in total. The molecule has 1 heterocycles. The molecule has 1 unspecified atom stereocenters. The summed E-state index contributed by atoms with van der Waals surface area (Å²) in [5.41, 5.74) is 1.42. The first kappa shape index (κ1) is 13.6. The van der Waals surface area contributed by atoms with E-state index in [2.05, 4.69) is 5.32 Å². The van der Waals surface area contributed by atoms with Crippen molar-refractivity contribution in [2.45, 2.75) is 26.3 Å². The molecule has 4 nitrogen and oxygen atoms in total. The van der Waals surface area contributed by atoms with Crippen molar-refractivity contribution in [3.05, 3.63) is 36.1 Å². The van der Waals surface area contributed by atoms with Crippen LogP contribution < -0.4 is 5.32 Å². The standard InChI is InChI=1S/C15H19NO3/c1-15(2,8-13(17)18)14(16-3)11-9-19-12-7-5-4-6-10(11)12/h4-7,9,14,16H,8H2,1-3H3,(H,17,18). The van der Waals surface area contributed by atoms with Gasteiger partial charge in [0.1, 0.15) is 5.58 Å². The molecule has 0 saturated heterocycles. The maximum Gasteiger partial charge on any atom is 0.303 e. The fraction of sp³-hybridized carbons (Fsp3) is 0.400. The highest BCUT2D eigenvalue weighted by molar-refractivity contribution is 5.81. The van der Waals surface area contributed by atoms with Crippen molar-refractivity contribution in [2.75, 3.05) is 7.05 Å². The van der Waals surface area contributed by atoms with Crippen LogP contribution in [0.2, 0.25) is 0 Å². The van der Waals surface area contributed by atoms with Crippen LogP contribution in [0.15, 0.2) is 34.9 Å². The summed E-state index contributed by atoms with van der Waals surface area (Å²) in [6, 6.07) is 7.71. The van der Waals surface area contributed by atoms with E-state index < -0.39 is 11.4 Å². The van der Waals surface area contributed by atoms with Gasteiger partial charge in [-0.15, -0.1) is 0 Å². The summed E-state index contributed by atoms with van der Waals surface area (Å²) in [6.07, 6.45) is 1.81. The number of carbonyl (C=O) groups is 1. The number of carboxylic acids is 1. The minimum Gasteiger partial charge on any atom is -0.481 e. The van der Waals surface area contributed by atoms with E-state index >= 15 is 0 Å². The normalized spacial score (nSPS) is 13.6. The fourth-order valence-corrected chi connectivity index (χ4v) is 2.68. The maximum absolute atomic E-state index is 11.0. The summed E-state index contributed by atoms with van der Waals surface area (Å²) < 4.78 is 5.54. The molecule has 1 aromatic heterocycles. The first-order chi connectivity index (χ1) is 8.95. The van der Waals surface area contributed by atoms with E-state index in [1.165, 1.54) is 0 Å². The first-order valence-corrected chi connectivity index (χ1v) is 6.31. The van der Waals surface area contributed by atoms with Crippen LogP contribution in [0.5, 0.6) is 0 Å². The zero-order chi connectivity index (χ0) is 14.0. The van der Waals surface area contributed by atoms with Gasteiger partial charge in [-0.2, -0.15) is 0 Å². The molecule has 0 amide bonds. The third-order valence-electron chi connectivity index (χ3n) is 3.50. The lowest BCUT2D eigenvalue weighted by molar-refractivity contribution is -0.139. The van der Waals surface area contributed by atoms with Crippen LogP contribution in [-0.2, 0) is 4.79 Å². The van der Waals surface area contributed by atoms with Crippen LogP contribution in [0.4, 0.5) is 0 Å². The molecule has 0 aliphatic heterocycles. The van der Waals surface area contributed by atoms with Gasteiger partial charge in [0.25, 0.3) is 0 Å². The number of rotatable bonds is 5. The number of para-hydroxylation sites is 1. The van der Waals surface area contributed by atoms with Gasteiger partial charge in [0.15, 0.2) is 0 Å². The highest BCUT2D eigenvalue weighted by atomic mass is 16.4. The number of benzene rings is 1. The molecule has 2 aromatic rings. The zero-order valence-electron chi connectivity index (χ0n) is 11.4. The van der Waals surface area contributed by atoms with Gasteiger partial charge in [-0.3, -0.25) is 4.79 Å². The second kappa shape index (κ2) is 5.05. The predicted molar refractivity (Wildman–Crippen MR) is 74.0 cm³/mol. The molecule has 0 fully saturated rings. The first-order valence-electron chi connectivity index (χ1n) is 6.31. The highest BCUT2D eigenvalue weighted by Crippen LogP contribution is 2.39. The molecule has 0 spiro atoms. The van der Waals surface area contributed by atoms with E-state index in [0.717, 1.165) is 16.5 Å². The SMILES string of the molecule is CNC(c1coc2ccccc12)C(C)(C)CC(=O)O. The van der Waals surface area contributed by atoms with E-state index in [1.807, 2.05) is 45.2 Å². The molecule has 19 heavy (non-hydrogen) atoms. The molecule has 1 aromatic carbocycles. The van der Waals surface area contributed by atoms with E-state index in [0.29, 0.717) is 0 Å². The Hall–Kier alpha value is -1.81. The zero-order valence-corrected chi connectivity index (χ0v) is 11.4. The van der Waals surface area contributed by atoms with Crippen molar-refractivity contribution < 1.29 is 14.3 Å². The third kappa shape index (κ3) is 2.63. The summed E-state index contributed by atoms with van der Waals surface area (Å²) in [7, 11) is 1.84. The Kier molecular flexibility index (Phi) is 3.62. The smallest absolute Gasteiger partial charge is 0.303 e. The van der Waals surface area contributed by atoms with Gasteiger partial charge >= 0.3 is 5.97 Å². The van der Waals surface area contributed by atoms with Gasteiger partial charge in [-0.05, 0) is 18.5 Å². The Bertz CT molecular complexity index is 586. The molecule has 0 bridgehead atoms. The Morgan fingerprint density at radius 2 is 2.11 bits per heavy atom. The van der Waals surface area contributed by atoms with Crippen LogP contribution in [-0.4, -0.2) is 18.1 Å². The number of carboxylic acid groups (broad SMARTS) is 1. The lowest BCUT2D eigenvalue weighted by Crippen LogP contribution is -2.33. The van der Waals surface area contributed by atoms with Crippen LogP contribution in [0.25, 0.3) is 11.0 Å². The number of nitrogens with one attached hydrogen (secondary N) is 1. The maximum atomic E-state index is 11.0. The average molecular weight is 261 g/mol. The quantitative estimate of drug-likeness (QED) is 0.867. The molecule has 102 valence electrons. The monoisotopic (exact) mass is 261 g/mol. The Morgan fingerprint density at radius 1 is 1.42 bits per heavy atom. The van der Waals surface area contributed by atoms with Crippen molar-refractivity contribution in [1.82, 2.24) is 5.32 Å². The molecule has 0 radical (unpaired) electrons. The van der Waals surface area contributed by atoms with E-state index in [1.54, 1.807) is 6.26 Å². The van der Waals surface area contributed by atoms with Gasteiger partial charge in [-0.1, -0.05) is 32.0 Å². The van der Waals surface area contributed by atoms with Crippen LogP contribution in [0, 0.1) is 5.41 Å². The molecule has 4 heteroatoms. The molecule has 0 saturated carbocycles. The van der Waals surface area contributed by atoms with Gasteiger partial charge < -0.3 is 14.8 Å². The van der Waals surface area contributed by atoms with Gasteiger partial charge in [0, 0.05) is 17.0 Å². The number of hydrogen-bond donors (Lipinski definition) is 2. The van der Waals surface area contributed by atoms with Crippen LogP contribution in [0.1, 0.15) is 31.9 Å². The highest BCUT2D eigenvalue weighted by Gasteiger charge is 2.33. The number of furan rings is 1.